The maximum Gasteiger partial charge on any atom is 0.228 e. The van der Waals surface area contributed by atoms with Gasteiger partial charge in [-0.2, -0.15) is 10.4 Å². The van der Waals surface area contributed by atoms with E-state index in [1.165, 1.54) is 0 Å². The molecule has 0 atom stereocenters. The highest BCUT2D eigenvalue weighted by molar-refractivity contribution is 5.93. The van der Waals surface area contributed by atoms with Crippen LogP contribution >= 0.6 is 0 Å². The van der Waals surface area contributed by atoms with E-state index in [4.69, 9.17) is 4.74 Å². The van der Waals surface area contributed by atoms with E-state index in [-0.39, 0.29) is 17.9 Å². The second-order valence-electron chi connectivity index (χ2n) is 8.74. The summed E-state index contributed by atoms with van der Waals surface area (Å²) in [5.74, 6) is 1.69. The molecule has 5 rings (SSSR count). The van der Waals surface area contributed by atoms with E-state index in [1.807, 2.05) is 24.4 Å². The lowest BCUT2D eigenvalue weighted by Crippen LogP contribution is -2.22. The third-order valence-corrected chi connectivity index (χ3v) is 6.25. The van der Waals surface area contributed by atoms with Crippen molar-refractivity contribution in [2.45, 2.75) is 44.6 Å². The van der Waals surface area contributed by atoms with Crippen LogP contribution in [0, 0.1) is 23.2 Å². The zero-order valence-electron chi connectivity index (χ0n) is 17.7. The minimum absolute atomic E-state index is 0.0207. The molecule has 8 heteroatoms. The van der Waals surface area contributed by atoms with Crippen LogP contribution in [0.25, 0.3) is 16.6 Å². The van der Waals surface area contributed by atoms with Gasteiger partial charge in [-0.25, -0.2) is 9.50 Å². The van der Waals surface area contributed by atoms with Crippen molar-refractivity contribution in [3.05, 3.63) is 42.4 Å². The highest BCUT2D eigenvalue weighted by atomic mass is 16.5. The first-order valence-electron chi connectivity index (χ1n) is 11.1. The SMILES string of the molecule is N#Cc1cc(-c2ccn3nc(NC(=O)C4CC4)cc3c2)c(OCC2CCC(O)CC2)cn1. The van der Waals surface area contributed by atoms with Gasteiger partial charge < -0.3 is 15.2 Å². The van der Waals surface area contributed by atoms with Crippen molar-refractivity contribution in [2.75, 3.05) is 11.9 Å². The molecule has 0 aliphatic heterocycles. The van der Waals surface area contributed by atoms with Crippen LogP contribution in [-0.4, -0.2) is 38.3 Å². The van der Waals surface area contributed by atoms with Gasteiger partial charge in [-0.1, -0.05) is 0 Å². The van der Waals surface area contributed by atoms with Crippen LogP contribution in [0.4, 0.5) is 5.82 Å². The highest BCUT2D eigenvalue weighted by Crippen LogP contribution is 2.33. The average Bonchev–Trinajstić information content (AvgIpc) is 3.59. The second-order valence-corrected chi connectivity index (χ2v) is 8.74. The third kappa shape index (κ3) is 4.43. The summed E-state index contributed by atoms with van der Waals surface area (Å²) in [6, 6.07) is 9.53. The van der Waals surface area contributed by atoms with Crippen LogP contribution in [-0.2, 0) is 4.79 Å². The van der Waals surface area contributed by atoms with Crippen LogP contribution in [0.15, 0.2) is 36.7 Å². The van der Waals surface area contributed by atoms with E-state index in [0.29, 0.717) is 29.8 Å². The Morgan fingerprint density at radius 1 is 1.22 bits per heavy atom. The summed E-state index contributed by atoms with van der Waals surface area (Å²) < 4.78 is 7.85. The van der Waals surface area contributed by atoms with Crippen molar-refractivity contribution in [1.82, 2.24) is 14.6 Å². The molecule has 32 heavy (non-hydrogen) atoms. The molecule has 0 saturated heterocycles. The number of anilines is 1. The minimum Gasteiger partial charge on any atom is -0.491 e. The monoisotopic (exact) mass is 431 g/mol. The van der Waals surface area contributed by atoms with Crippen molar-refractivity contribution in [1.29, 1.82) is 5.26 Å². The molecule has 3 heterocycles. The lowest BCUT2D eigenvalue weighted by molar-refractivity contribution is -0.117. The summed E-state index contributed by atoms with van der Waals surface area (Å²) in [4.78, 5) is 16.2. The van der Waals surface area contributed by atoms with E-state index >= 15 is 0 Å². The van der Waals surface area contributed by atoms with Crippen molar-refractivity contribution >= 4 is 17.2 Å². The van der Waals surface area contributed by atoms with Gasteiger partial charge in [0.2, 0.25) is 5.91 Å². The van der Waals surface area contributed by atoms with E-state index in [0.717, 1.165) is 55.2 Å². The summed E-state index contributed by atoms with van der Waals surface area (Å²) in [6.07, 6.45) is 8.62. The molecule has 8 nitrogen and oxygen atoms in total. The Bertz CT molecular complexity index is 1190. The van der Waals surface area contributed by atoms with Gasteiger partial charge >= 0.3 is 0 Å². The Morgan fingerprint density at radius 2 is 2.03 bits per heavy atom. The van der Waals surface area contributed by atoms with E-state index in [2.05, 4.69) is 21.5 Å². The molecule has 3 aromatic rings. The molecule has 164 valence electrons. The molecule has 2 aliphatic carbocycles. The smallest absolute Gasteiger partial charge is 0.228 e. The number of hydrogen-bond acceptors (Lipinski definition) is 6. The molecular formula is C24H25N5O3. The zero-order chi connectivity index (χ0) is 22.1. The fourth-order valence-electron chi connectivity index (χ4n) is 4.16. The average molecular weight is 431 g/mol. The number of fused-ring (bicyclic) bond motifs is 1. The number of carbonyl (C=O) groups is 1. The van der Waals surface area contributed by atoms with Gasteiger partial charge in [0.25, 0.3) is 0 Å². The number of aliphatic hydroxyl groups is 1. The van der Waals surface area contributed by atoms with Gasteiger partial charge in [0.05, 0.1) is 24.4 Å². The summed E-state index contributed by atoms with van der Waals surface area (Å²) in [5, 5.41) is 26.4. The first kappa shape index (κ1) is 20.5. The number of ether oxygens (including phenoxy) is 1. The maximum absolute atomic E-state index is 12.0. The van der Waals surface area contributed by atoms with Crippen molar-refractivity contribution in [3.63, 3.8) is 0 Å². The Labute approximate surface area is 185 Å². The zero-order valence-corrected chi connectivity index (χ0v) is 17.7. The Balaban J connectivity index is 1.39. The van der Waals surface area contributed by atoms with E-state index < -0.39 is 0 Å². The van der Waals surface area contributed by atoms with E-state index in [9.17, 15) is 15.2 Å². The van der Waals surface area contributed by atoms with Gasteiger partial charge in [0, 0.05) is 23.7 Å². The number of aromatic nitrogens is 3. The molecule has 0 spiro atoms. The lowest BCUT2D eigenvalue weighted by atomic mass is 9.88. The van der Waals surface area contributed by atoms with Gasteiger partial charge in [-0.3, -0.25) is 4.79 Å². The fourth-order valence-corrected chi connectivity index (χ4v) is 4.16. The number of nitrogens with zero attached hydrogens (tertiary/aromatic N) is 4. The number of aliphatic hydroxyl groups excluding tert-OH is 1. The lowest BCUT2D eigenvalue weighted by Gasteiger charge is -2.25. The summed E-state index contributed by atoms with van der Waals surface area (Å²) in [5.41, 5.74) is 2.82. The molecule has 0 aromatic carbocycles. The predicted molar refractivity (Wildman–Crippen MR) is 118 cm³/mol. The molecule has 2 aliphatic rings. The molecular weight excluding hydrogens is 406 g/mol. The van der Waals surface area contributed by atoms with Gasteiger partial charge in [-0.15, -0.1) is 0 Å². The number of nitriles is 1. The molecule has 2 N–H and O–H groups in total. The number of nitrogens with one attached hydrogen (secondary N) is 1. The summed E-state index contributed by atoms with van der Waals surface area (Å²) in [7, 11) is 0. The van der Waals surface area contributed by atoms with Crippen LogP contribution < -0.4 is 10.1 Å². The number of amides is 1. The van der Waals surface area contributed by atoms with Gasteiger partial charge in [0.15, 0.2) is 5.82 Å². The van der Waals surface area contributed by atoms with Crippen molar-refractivity contribution < 1.29 is 14.6 Å². The molecule has 2 saturated carbocycles. The van der Waals surface area contributed by atoms with Crippen LogP contribution in [0.2, 0.25) is 0 Å². The quantitative estimate of drug-likeness (QED) is 0.617. The predicted octanol–water partition coefficient (Wildman–Crippen LogP) is 3.55. The van der Waals surface area contributed by atoms with Crippen LogP contribution in [0.1, 0.15) is 44.2 Å². The molecule has 1 amide bonds. The van der Waals surface area contributed by atoms with Gasteiger partial charge in [-0.05, 0) is 68.2 Å². The largest absolute Gasteiger partial charge is 0.491 e. The van der Waals surface area contributed by atoms with Crippen molar-refractivity contribution in [3.8, 4) is 22.9 Å². The number of hydrogen-bond donors (Lipinski definition) is 2. The summed E-state index contributed by atoms with van der Waals surface area (Å²) >= 11 is 0. The van der Waals surface area contributed by atoms with Crippen LogP contribution in [0.3, 0.4) is 0 Å². The Hall–Kier alpha value is -3.44. The molecule has 3 aromatic heterocycles. The Kier molecular flexibility index (Phi) is 5.50. The minimum atomic E-state index is -0.195. The second kappa shape index (κ2) is 8.60. The number of pyridine rings is 2. The van der Waals surface area contributed by atoms with Crippen LogP contribution in [0.5, 0.6) is 5.75 Å². The summed E-state index contributed by atoms with van der Waals surface area (Å²) in [6.45, 7) is 0.555. The molecule has 2 fully saturated rings. The Morgan fingerprint density at radius 3 is 2.78 bits per heavy atom. The molecule has 0 radical (unpaired) electrons. The van der Waals surface area contributed by atoms with Gasteiger partial charge in [0.1, 0.15) is 17.5 Å². The first-order chi connectivity index (χ1) is 15.6. The number of rotatable bonds is 6. The van der Waals surface area contributed by atoms with E-state index in [1.54, 1.807) is 16.8 Å². The maximum atomic E-state index is 12.0. The normalized spacial score (nSPS) is 20.6. The fraction of sp³-hybridized carbons (Fsp3) is 0.417. The molecule has 0 bridgehead atoms. The topological polar surface area (TPSA) is 113 Å². The highest BCUT2D eigenvalue weighted by Gasteiger charge is 2.30. The number of carbonyl (C=O) groups excluding carboxylic acids is 1. The third-order valence-electron chi connectivity index (χ3n) is 6.25. The first-order valence-corrected chi connectivity index (χ1v) is 11.1. The van der Waals surface area contributed by atoms with Crippen molar-refractivity contribution in [2.24, 2.45) is 11.8 Å². The standard InChI is InChI=1S/C24H25N5O3/c25-12-18-10-21(22(13-26-18)32-14-15-1-5-20(30)6-2-15)17-7-8-29-19(9-17)11-23(28-29)27-24(31)16-3-4-16/h7-11,13,15-16,20,30H,1-6,14H2,(H,27,28,31). The molecule has 0 unspecified atom stereocenters.